The number of fused-ring (bicyclic) bond motifs is 3. The van der Waals surface area contributed by atoms with Gasteiger partial charge in [-0.3, -0.25) is 4.79 Å². The number of nitrogens with one attached hydrogen (secondary N) is 2. The number of benzene rings is 1. The van der Waals surface area contributed by atoms with Crippen molar-refractivity contribution in [3.05, 3.63) is 53.5 Å². The normalized spacial score (nSPS) is 29.0. The summed E-state index contributed by atoms with van der Waals surface area (Å²) in [6, 6.07) is 12.3. The molecule has 3 aliphatic rings. The summed E-state index contributed by atoms with van der Waals surface area (Å²) in [5.74, 6) is 0.402. The Balaban J connectivity index is 1.30. The lowest BCUT2D eigenvalue weighted by molar-refractivity contribution is 0.0894. The van der Waals surface area contributed by atoms with Crippen molar-refractivity contribution < 1.29 is 9.21 Å². The van der Waals surface area contributed by atoms with Gasteiger partial charge in [0.15, 0.2) is 5.76 Å². The van der Waals surface area contributed by atoms with Gasteiger partial charge in [-0.15, -0.1) is 0 Å². The van der Waals surface area contributed by atoms with E-state index >= 15 is 0 Å². The summed E-state index contributed by atoms with van der Waals surface area (Å²) in [6.07, 6.45) is 7.20. The Bertz CT molecular complexity index is 834. The van der Waals surface area contributed by atoms with Crippen molar-refractivity contribution >= 4 is 11.6 Å². The van der Waals surface area contributed by atoms with Crippen LogP contribution in [-0.4, -0.2) is 30.1 Å². The van der Waals surface area contributed by atoms with Gasteiger partial charge in [0.25, 0.3) is 5.91 Å². The average Bonchev–Trinajstić information content (AvgIpc) is 3.34. The van der Waals surface area contributed by atoms with Crippen LogP contribution in [0.1, 0.15) is 54.3 Å². The van der Waals surface area contributed by atoms with Gasteiger partial charge in [-0.05, 0) is 56.7 Å². The molecule has 142 valence electrons. The molecule has 2 fully saturated rings. The van der Waals surface area contributed by atoms with E-state index < -0.39 is 0 Å². The highest BCUT2D eigenvalue weighted by atomic mass is 16.3. The summed E-state index contributed by atoms with van der Waals surface area (Å²) < 4.78 is 5.62. The predicted octanol–water partition coefficient (Wildman–Crippen LogP) is 3.24. The van der Waals surface area contributed by atoms with Gasteiger partial charge < -0.3 is 20.0 Å². The van der Waals surface area contributed by atoms with Gasteiger partial charge in [0.05, 0.1) is 6.26 Å². The molecule has 5 rings (SSSR count). The van der Waals surface area contributed by atoms with Crippen LogP contribution in [0.3, 0.4) is 0 Å². The van der Waals surface area contributed by atoms with E-state index in [2.05, 4.69) is 46.7 Å². The van der Waals surface area contributed by atoms with Crippen molar-refractivity contribution in [3.63, 3.8) is 0 Å². The van der Waals surface area contributed by atoms with E-state index in [0.29, 0.717) is 30.4 Å². The van der Waals surface area contributed by atoms with Crippen LogP contribution in [0.5, 0.6) is 0 Å². The Labute approximate surface area is 160 Å². The highest BCUT2D eigenvalue weighted by Crippen LogP contribution is 2.34. The van der Waals surface area contributed by atoms with Crippen molar-refractivity contribution in [1.29, 1.82) is 0 Å². The molecule has 3 aliphatic heterocycles. The standard InChI is InChI=1S/C22H27N3O2/c1-14-10-15-4-2-3-5-20(15)25(14)13-16-8-9-27-21(16)22(26)24-19-11-17-6-7-18(12-19)23-17/h2-5,8-9,14,17-19,23H,6-7,10-13H2,1H3,(H,24,26). The zero-order valence-electron chi connectivity index (χ0n) is 15.8. The first-order valence-corrected chi connectivity index (χ1v) is 10.1. The number of carbonyl (C=O) groups excluding carboxylic acids is 1. The molecule has 3 atom stereocenters. The molecule has 5 heteroatoms. The quantitative estimate of drug-likeness (QED) is 0.873. The monoisotopic (exact) mass is 365 g/mol. The number of furan rings is 1. The van der Waals surface area contributed by atoms with Gasteiger partial charge in [0, 0.05) is 42.0 Å². The molecule has 0 spiro atoms. The minimum Gasteiger partial charge on any atom is -0.459 e. The summed E-state index contributed by atoms with van der Waals surface area (Å²) in [5, 5.41) is 6.85. The van der Waals surface area contributed by atoms with Crippen LogP contribution in [0.4, 0.5) is 5.69 Å². The maximum Gasteiger partial charge on any atom is 0.287 e. The highest BCUT2D eigenvalue weighted by Gasteiger charge is 2.35. The van der Waals surface area contributed by atoms with Gasteiger partial charge in [0.2, 0.25) is 0 Å². The van der Waals surface area contributed by atoms with E-state index in [-0.39, 0.29) is 11.9 Å². The van der Waals surface area contributed by atoms with E-state index in [0.717, 1.165) is 24.8 Å². The number of anilines is 1. The Hall–Kier alpha value is -2.27. The Morgan fingerprint density at radius 2 is 2.00 bits per heavy atom. The molecule has 4 heterocycles. The second-order valence-electron chi connectivity index (χ2n) is 8.36. The predicted molar refractivity (Wildman–Crippen MR) is 105 cm³/mol. The number of hydrogen-bond donors (Lipinski definition) is 2. The molecular weight excluding hydrogens is 338 g/mol. The van der Waals surface area contributed by atoms with Crippen molar-refractivity contribution in [2.45, 2.75) is 69.7 Å². The molecule has 1 aromatic heterocycles. The number of nitrogens with zero attached hydrogens (tertiary/aromatic N) is 1. The zero-order valence-corrected chi connectivity index (χ0v) is 15.8. The molecule has 0 radical (unpaired) electrons. The fourth-order valence-electron chi connectivity index (χ4n) is 5.14. The first-order valence-electron chi connectivity index (χ1n) is 10.1. The average molecular weight is 365 g/mol. The molecule has 5 nitrogen and oxygen atoms in total. The molecule has 27 heavy (non-hydrogen) atoms. The fourth-order valence-corrected chi connectivity index (χ4v) is 5.14. The fraction of sp³-hybridized carbons (Fsp3) is 0.500. The van der Waals surface area contributed by atoms with Crippen LogP contribution in [0, 0.1) is 0 Å². The molecule has 2 N–H and O–H groups in total. The third-order valence-electron chi connectivity index (χ3n) is 6.45. The third kappa shape index (κ3) is 3.14. The van der Waals surface area contributed by atoms with Crippen molar-refractivity contribution in [2.75, 3.05) is 4.90 Å². The highest BCUT2D eigenvalue weighted by molar-refractivity contribution is 5.93. The van der Waals surface area contributed by atoms with Crippen LogP contribution in [0.25, 0.3) is 0 Å². The largest absolute Gasteiger partial charge is 0.459 e. The maximum atomic E-state index is 12.9. The van der Waals surface area contributed by atoms with Gasteiger partial charge >= 0.3 is 0 Å². The molecule has 2 saturated heterocycles. The van der Waals surface area contributed by atoms with Gasteiger partial charge in [0.1, 0.15) is 0 Å². The molecule has 0 saturated carbocycles. The maximum absolute atomic E-state index is 12.9. The van der Waals surface area contributed by atoms with Crippen LogP contribution in [-0.2, 0) is 13.0 Å². The molecule has 3 unspecified atom stereocenters. The number of amides is 1. The molecule has 2 bridgehead atoms. The van der Waals surface area contributed by atoms with Gasteiger partial charge in [-0.2, -0.15) is 0 Å². The van der Waals surface area contributed by atoms with E-state index in [1.807, 2.05) is 6.07 Å². The Morgan fingerprint density at radius 3 is 2.81 bits per heavy atom. The lowest BCUT2D eigenvalue weighted by Crippen LogP contribution is -2.48. The summed E-state index contributed by atoms with van der Waals surface area (Å²) in [6.45, 7) is 2.94. The lowest BCUT2D eigenvalue weighted by Gasteiger charge is -2.29. The molecule has 1 aromatic carbocycles. The second kappa shape index (κ2) is 6.71. The van der Waals surface area contributed by atoms with E-state index in [9.17, 15) is 4.79 Å². The first kappa shape index (κ1) is 16.9. The number of rotatable bonds is 4. The Kier molecular flexibility index (Phi) is 4.20. The van der Waals surface area contributed by atoms with E-state index in [4.69, 9.17) is 4.42 Å². The molecule has 0 aliphatic carbocycles. The van der Waals surface area contributed by atoms with E-state index in [1.54, 1.807) is 6.26 Å². The van der Waals surface area contributed by atoms with Crippen molar-refractivity contribution in [2.24, 2.45) is 0 Å². The van der Waals surface area contributed by atoms with Crippen molar-refractivity contribution in [1.82, 2.24) is 10.6 Å². The van der Waals surface area contributed by atoms with Gasteiger partial charge in [-0.25, -0.2) is 0 Å². The minimum absolute atomic E-state index is 0.0681. The summed E-state index contributed by atoms with van der Waals surface area (Å²) in [7, 11) is 0. The van der Waals surface area contributed by atoms with Crippen LogP contribution in [0.2, 0.25) is 0 Å². The topological polar surface area (TPSA) is 57.5 Å². The van der Waals surface area contributed by atoms with Crippen molar-refractivity contribution in [3.8, 4) is 0 Å². The number of hydrogen-bond acceptors (Lipinski definition) is 4. The number of piperidine rings is 1. The third-order valence-corrected chi connectivity index (χ3v) is 6.45. The van der Waals surface area contributed by atoms with E-state index in [1.165, 1.54) is 24.1 Å². The number of para-hydroxylation sites is 1. The molecule has 1 amide bonds. The van der Waals surface area contributed by atoms with Crippen LogP contribution >= 0.6 is 0 Å². The Morgan fingerprint density at radius 1 is 1.22 bits per heavy atom. The first-order chi connectivity index (χ1) is 13.2. The molecular formula is C22H27N3O2. The zero-order chi connectivity index (χ0) is 18.4. The summed E-state index contributed by atoms with van der Waals surface area (Å²) >= 11 is 0. The van der Waals surface area contributed by atoms with Crippen LogP contribution < -0.4 is 15.5 Å². The van der Waals surface area contributed by atoms with Gasteiger partial charge in [-0.1, -0.05) is 18.2 Å². The summed E-state index contributed by atoms with van der Waals surface area (Å²) in [5.41, 5.74) is 3.62. The number of carbonyl (C=O) groups is 1. The second-order valence-corrected chi connectivity index (χ2v) is 8.36. The SMILES string of the molecule is CC1Cc2ccccc2N1Cc1ccoc1C(=O)NC1CC2CCC(C1)N2. The smallest absolute Gasteiger partial charge is 0.287 e. The lowest BCUT2D eigenvalue weighted by atomic mass is 9.99. The summed E-state index contributed by atoms with van der Waals surface area (Å²) in [4.78, 5) is 15.3. The van der Waals surface area contributed by atoms with Crippen LogP contribution in [0.15, 0.2) is 41.0 Å². The minimum atomic E-state index is -0.0681. The molecule has 2 aromatic rings.